The summed E-state index contributed by atoms with van der Waals surface area (Å²) in [6, 6.07) is 16.2. The lowest BCUT2D eigenvalue weighted by Crippen LogP contribution is -2.47. The second-order valence-electron chi connectivity index (χ2n) is 10.9. The number of hydrogen-bond acceptors (Lipinski definition) is 6. The highest BCUT2D eigenvalue weighted by atomic mass is 35.5. The lowest BCUT2D eigenvalue weighted by molar-refractivity contribution is -0.134. The smallest absolute Gasteiger partial charge is 0.352 e. The molecule has 11 heteroatoms. The largest absolute Gasteiger partial charge is 0.493 e. The predicted molar refractivity (Wildman–Crippen MR) is 163 cm³/mol. The number of carbonyl (C=O) groups excluding carboxylic acids is 2. The second-order valence-corrected chi connectivity index (χ2v) is 11.3. The third-order valence-corrected chi connectivity index (χ3v) is 6.90. The van der Waals surface area contributed by atoms with Crippen molar-refractivity contribution in [2.24, 2.45) is 0 Å². The number of amides is 2. The molecule has 1 unspecified atom stereocenters. The van der Waals surface area contributed by atoms with Gasteiger partial charge >= 0.3 is 5.97 Å². The monoisotopic (exact) mass is 607 g/mol. The number of H-pyrrole nitrogens is 1. The van der Waals surface area contributed by atoms with Gasteiger partial charge in [-0.2, -0.15) is 0 Å². The van der Waals surface area contributed by atoms with Crippen LogP contribution < -0.4 is 19.5 Å². The zero-order valence-corrected chi connectivity index (χ0v) is 25.3. The number of para-hydroxylation sites is 1. The Morgan fingerprint density at radius 2 is 1.79 bits per heavy atom. The van der Waals surface area contributed by atoms with E-state index in [-0.39, 0.29) is 24.4 Å². The van der Waals surface area contributed by atoms with E-state index in [0.717, 1.165) is 5.56 Å². The van der Waals surface area contributed by atoms with Crippen LogP contribution in [0.2, 0.25) is 5.02 Å². The molecule has 0 bridgehead atoms. The molecular weight excluding hydrogens is 574 g/mol. The van der Waals surface area contributed by atoms with Gasteiger partial charge in [0.25, 0.3) is 0 Å². The van der Waals surface area contributed by atoms with Crippen LogP contribution in [-0.4, -0.2) is 53.0 Å². The number of carbonyl (C=O) groups is 3. The second kappa shape index (κ2) is 13.1. The number of hydrogen-bond donors (Lipinski definition) is 3. The fourth-order valence-corrected chi connectivity index (χ4v) is 5.02. The number of nitrogens with one attached hydrogen (secondary N) is 2. The van der Waals surface area contributed by atoms with E-state index in [1.807, 2.05) is 12.1 Å². The maximum Gasteiger partial charge on any atom is 0.352 e. The van der Waals surface area contributed by atoms with Crippen molar-refractivity contribution < 1.29 is 33.7 Å². The number of aromatic amines is 1. The van der Waals surface area contributed by atoms with Crippen LogP contribution in [0.25, 0.3) is 10.9 Å². The normalized spacial score (nSPS) is 12.0. The molecule has 1 atom stereocenters. The van der Waals surface area contributed by atoms with E-state index in [1.54, 1.807) is 83.5 Å². The molecule has 0 aliphatic carbocycles. The average molecular weight is 608 g/mol. The topological polar surface area (TPSA) is 130 Å². The van der Waals surface area contributed by atoms with Crippen LogP contribution >= 0.6 is 11.6 Å². The number of benzene rings is 3. The van der Waals surface area contributed by atoms with E-state index < -0.39 is 23.5 Å². The van der Waals surface area contributed by atoms with Crippen LogP contribution in [0.5, 0.6) is 17.2 Å². The third-order valence-electron chi connectivity index (χ3n) is 6.67. The van der Waals surface area contributed by atoms with Gasteiger partial charge in [-0.15, -0.1) is 0 Å². The van der Waals surface area contributed by atoms with Gasteiger partial charge in [-0.1, -0.05) is 41.9 Å². The summed E-state index contributed by atoms with van der Waals surface area (Å²) < 4.78 is 16.8. The van der Waals surface area contributed by atoms with Gasteiger partial charge < -0.3 is 34.5 Å². The molecule has 2 amide bonds. The fourth-order valence-electron chi connectivity index (χ4n) is 4.85. The number of ether oxygens (including phenoxy) is 3. The zero-order chi connectivity index (χ0) is 31.3. The van der Waals surface area contributed by atoms with Gasteiger partial charge in [-0.3, -0.25) is 9.59 Å². The quantitative estimate of drug-likeness (QED) is 0.175. The van der Waals surface area contributed by atoms with Crippen molar-refractivity contribution in [1.82, 2.24) is 15.2 Å². The summed E-state index contributed by atoms with van der Waals surface area (Å²) in [6.07, 6.45) is 0.548. The maximum atomic E-state index is 13.7. The molecule has 1 heterocycles. The Hall–Kier alpha value is -4.70. The van der Waals surface area contributed by atoms with Gasteiger partial charge in [0.15, 0.2) is 11.5 Å². The number of carboxylic acids is 1. The highest BCUT2D eigenvalue weighted by Crippen LogP contribution is 2.35. The molecule has 0 saturated heterocycles. The molecule has 0 spiro atoms. The Bertz CT molecular complexity index is 1630. The van der Waals surface area contributed by atoms with Crippen molar-refractivity contribution in [3.8, 4) is 17.2 Å². The van der Waals surface area contributed by atoms with Gasteiger partial charge in [-0.25, -0.2) is 4.79 Å². The number of rotatable bonds is 12. The molecule has 0 aliphatic heterocycles. The van der Waals surface area contributed by atoms with Crippen LogP contribution in [-0.2, 0) is 22.7 Å². The van der Waals surface area contributed by atoms with Crippen molar-refractivity contribution in [3.05, 3.63) is 88.1 Å². The van der Waals surface area contributed by atoms with E-state index in [0.29, 0.717) is 45.1 Å². The number of aromatic carboxylic acids is 1. The minimum Gasteiger partial charge on any atom is -0.493 e. The van der Waals surface area contributed by atoms with Gasteiger partial charge in [-0.05, 0) is 56.7 Å². The number of methoxy groups -OCH3 is 2. The van der Waals surface area contributed by atoms with Crippen molar-refractivity contribution in [1.29, 1.82) is 0 Å². The van der Waals surface area contributed by atoms with Gasteiger partial charge in [0.05, 0.1) is 14.2 Å². The molecule has 43 heavy (non-hydrogen) atoms. The van der Waals surface area contributed by atoms with Gasteiger partial charge in [0.1, 0.15) is 24.1 Å². The van der Waals surface area contributed by atoms with Gasteiger partial charge in [0, 0.05) is 39.1 Å². The summed E-state index contributed by atoms with van der Waals surface area (Å²) in [6.45, 7) is 5.67. The number of nitrogens with zero attached hydrogens (tertiary/aromatic N) is 1. The SMILES string of the molecule is COc1cccc(COc2ccc(CN(C=O)C(C(=O)NC(C)(C)C)c3c(C(=O)O)[nH]c4cc(Cl)ccc34)cc2)c1OC. The third kappa shape index (κ3) is 7.21. The van der Waals surface area contributed by atoms with E-state index >= 15 is 0 Å². The molecule has 1 aromatic heterocycles. The molecule has 0 radical (unpaired) electrons. The Labute approximate surface area is 254 Å². The molecule has 0 fully saturated rings. The fraction of sp³-hybridized carbons (Fsp3) is 0.281. The van der Waals surface area contributed by atoms with Crippen LogP contribution in [0.15, 0.2) is 60.7 Å². The number of halogens is 1. The highest BCUT2D eigenvalue weighted by molar-refractivity contribution is 6.31. The lowest BCUT2D eigenvalue weighted by Gasteiger charge is -2.31. The summed E-state index contributed by atoms with van der Waals surface area (Å²) in [5.74, 6) is -0.0265. The highest BCUT2D eigenvalue weighted by Gasteiger charge is 2.35. The van der Waals surface area contributed by atoms with E-state index in [4.69, 9.17) is 25.8 Å². The van der Waals surface area contributed by atoms with Crippen LogP contribution in [0.4, 0.5) is 0 Å². The molecule has 226 valence electrons. The Morgan fingerprint density at radius 3 is 2.40 bits per heavy atom. The Balaban J connectivity index is 1.64. The van der Waals surface area contributed by atoms with Crippen LogP contribution in [0, 0.1) is 0 Å². The van der Waals surface area contributed by atoms with E-state index in [1.165, 1.54) is 4.90 Å². The van der Waals surface area contributed by atoms with Crippen molar-refractivity contribution >= 4 is 40.8 Å². The molecule has 4 aromatic rings. The first-order valence-corrected chi connectivity index (χ1v) is 13.8. The molecule has 10 nitrogen and oxygen atoms in total. The number of fused-ring (bicyclic) bond motifs is 1. The summed E-state index contributed by atoms with van der Waals surface area (Å²) in [5.41, 5.74) is 1.27. The molecule has 4 rings (SSSR count). The number of carboxylic acid groups (broad SMARTS) is 1. The maximum absolute atomic E-state index is 13.7. The zero-order valence-electron chi connectivity index (χ0n) is 24.6. The first kappa shape index (κ1) is 31.2. The molecule has 0 aliphatic rings. The minimum atomic E-state index is -1.27. The first-order valence-electron chi connectivity index (χ1n) is 13.4. The molecular formula is C32H34ClN3O7. The summed E-state index contributed by atoms with van der Waals surface area (Å²) in [4.78, 5) is 42.7. The van der Waals surface area contributed by atoms with E-state index in [2.05, 4.69) is 10.3 Å². The number of aromatic nitrogens is 1. The summed E-state index contributed by atoms with van der Waals surface area (Å²) in [7, 11) is 3.13. The average Bonchev–Trinajstić information content (AvgIpc) is 3.33. The molecule has 3 N–H and O–H groups in total. The molecule has 3 aromatic carbocycles. The lowest BCUT2D eigenvalue weighted by atomic mass is 9.98. The van der Waals surface area contributed by atoms with Crippen LogP contribution in [0.3, 0.4) is 0 Å². The van der Waals surface area contributed by atoms with Crippen molar-refractivity contribution in [2.45, 2.75) is 45.5 Å². The standard InChI is InChI=1S/C32H34ClN3O7/c1-32(2,3)35-30(38)28(26-23-14-11-21(33)15-24(23)34-27(26)31(39)40)36(18-37)16-19-9-12-22(13-10-19)43-17-20-7-6-8-25(41-4)29(20)42-5/h6-15,18,28,34H,16-17H2,1-5H3,(H,35,38)(H,39,40). The first-order chi connectivity index (χ1) is 20.4. The summed E-state index contributed by atoms with van der Waals surface area (Å²) >= 11 is 6.15. The molecule has 0 saturated carbocycles. The minimum absolute atomic E-state index is 0.0229. The summed E-state index contributed by atoms with van der Waals surface area (Å²) in [5, 5.41) is 13.8. The van der Waals surface area contributed by atoms with Crippen molar-refractivity contribution in [2.75, 3.05) is 14.2 Å². The van der Waals surface area contributed by atoms with Gasteiger partial charge in [0.2, 0.25) is 12.3 Å². The Morgan fingerprint density at radius 1 is 1.07 bits per heavy atom. The van der Waals surface area contributed by atoms with Crippen molar-refractivity contribution in [3.63, 3.8) is 0 Å². The van der Waals surface area contributed by atoms with Crippen LogP contribution in [0.1, 0.15) is 54.0 Å². The van der Waals surface area contributed by atoms with E-state index in [9.17, 15) is 19.5 Å². The predicted octanol–water partition coefficient (Wildman–Crippen LogP) is 5.73. The Kier molecular flexibility index (Phi) is 9.50.